The van der Waals surface area contributed by atoms with E-state index in [1.807, 2.05) is 30.4 Å². The first-order valence-corrected chi connectivity index (χ1v) is 4.68. The molecule has 0 saturated carbocycles. The van der Waals surface area contributed by atoms with Crippen molar-refractivity contribution in [2.45, 2.75) is 6.42 Å². The molecule has 0 aromatic heterocycles. The number of hydrogen-bond acceptors (Lipinski definition) is 2. The minimum Gasteiger partial charge on any atom is -0.357 e. The first-order valence-electron chi connectivity index (χ1n) is 3.13. The van der Waals surface area contributed by atoms with E-state index >= 15 is 0 Å². The van der Waals surface area contributed by atoms with Crippen LogP contribution in [0.2, 0.25) is 0 Å². The normalized spacial score (nSPS) is 20.6. The summed E-state index contributed by atoms with van der Waals surface area (Å²) in [5.41, 5.74) is 0. The van der Waals surface area contributed by atoms with Gasteiger partial charge in [-0.05, 0) is 6.20 Å². The molecular weight excluding hydrogens is 146 g/mol. The molecule has 0 N–H and O–H groups in total. The van der Waals surface area contributed by atoms with Crippen molar-refractivity contribution in [1.29, 1.82) is 0 Å². The van der Waals surface area contributed by atoms with Crippen LogP contribution >= 0.6 is 0 Å². The number of hydrogen-bond donors (Lipinski definition) is 0. The van der Waals surface area contributed by atoms with Crippen molar-refractivity contribution in [2.24, 2.45) is 0 Å². The smallest absolute Gasteiger partial charge is 0.0474 e. The zero-order valence-corrected chi connectivity index (χ0v) is 7.02. The lowest BCUT2D eigenvalue weighted by molar-refractivity contribution is 0.608. The minimum absolute atomic E-state index is 0.805. The van der Waals surface area contributed by atoms with Gasteiger partial charge < -0.3 is 4.90 Å². The summed E-state index contributed by atoms with van der Waals surface area (Å²) in [5.74, 6) is 0. The van der Waals surface area contributed by atoms with Crippen molar-refractivity contribution >= 4 is 10.8 Å². The molecule has 1 rings (SSSR count). The van der Waals surface area contributed by atoms with Gasteiger partial charge in [0.15, 0.2) is 0 Å². The van der Waals surface area contributed by atoms with Crippen LogP contribution in [0, 0.1) is 0 Å². The van der Waals surface area contributed by atoms with Gasteiger partial charge in [-0.15, -0.1) is 0 Å². The van der Waals surface area contributed by atoms with Crippen LogP contribution < -0.4 is 0 Å². The zero-order chi connectivity index (χ0) is 7.56. The molecule has 0 radical (unpaired) electrons. The molecule has 10 heavy (non-hydrogen) atoms. The van der Waals surface area contributed by atoms with Gasteiger partial charge >= 0.3 is 0 Å². The fourth-order valence-electron chi connectivity index (χ4n) is 0.850. The highest BCUT2D eigenvalue weighted by Crippen LogP contribution is 2.12. The lowest BCUT2D eigenvalue weighted by Crippen LogP contribution is -2.08. The van der Waals surface area contributed by atoms with Gasteiger partial charge in [-0.1, -0.05) is 6.08 Å². The lowest BCUT2D eigenvalue weighted by Gasteiger charge is -2.14. The van der Waals surface area contributed by atoms with Gasteiger partial charge in [0.2, 0.25) is 0 Å². The second-order valence-electron chi connectivity index (χ2n) is 2.30. The molecule has 0 saturated heterocycles. The van der Waals surface area contributed by atoms with Crippen molar-refractivity contribution in [3.05, 3.63) is 23.4 Å². The lowest BCUT2D eigenvalue weighted by atomic mass is 10.3. The van der Waals surface area contributed by atoms with E-state index in [1.54, 1.807) is 6.26 Å². The molecule has 1 aliphatic rings. The Hall–Kier alpha value is -0.570. The van der Waals surface area contributed by atoms with Crippen LogP contribution in [0.15, 0.2) is 23.4 Å². The van der Waals surface area contributed by atoms with Gasteiger partial charge in [-0.2, -0.15) is 0 Å². The SMILES string of the molecule is CN1C=CCC(S(C)=O)=C1. The van der Waals surface area contributed by atoms with E-state index in [2.05, 4.69) is 0 Å². The monoisotopic (exact) mass is 157 g/mol. The predicted octanol–water partition coefficient (Wildman–Crippen LogP) is 1.06. The highest BCUT2D eigenvalue weighted by molar-refractivity contribution is 7.88. The molecule has 1 heterocycles. The van der Waals surface area contributed by atoms with Crippen LogP contribution in [0.1, 0.15) is 6.42 Å². The van der Waals surface area contributed by atoms with Gasteiger partial charge in [-0.25, -0.2) is 0 Å². The maximum absolute atomic E-state index is 10.9. The van der Waals surface area contributed by atoms with Crippen molar-refractivity contribution < 1.29 is 4.21 Å². The van der Waals surface area contributed by atoms with Crippen LogP contribution in [0.4, 0.5) is 0 Å². The van der Waals surface area contributed by atoms with E-state index in [-0.39, 0.29) is 0 Å². The fraction of sp³-hybridized carbons (Fsp3) is 0.429. The highest BCUT2D eigenvalue weighted by atomic mass is 32.2. The van der Waals surface area contributed by atoms with Crippen LogP contribution in [-0.2, 0) is 10.8 Å². The third-order valence-electron chi connectivity index (χ3n) is 1.38. The Kier molecular flexibility index (Phi) is 2.27. The van der Waals surface area contributed by atoms with Crippen LogP contribution in [0.5, 0.6) is 0 Å². The second-order valence-corrected chi connectivity index (χ2v) is 3.74. The van der Waals surface area contributed by atoms with Crippen molar-refractivity contribution in [2.75, 3.05) is 13.3 Å². The molecule has 0 spiro atoms. The van der Waals surface area contributed by atoms with Gasteiger partial charge in [0, 0.05) is 41.6 Å². The van der Waals surface area contributed by atoms with Gasteiger partial charge in [0.1, 0.15) is 0 Å². The Morgan fingerprint density at radius 3 is 2.80 bits per heavy atom. The van der Waals surface area contributed by atoms with Crippen LogP contribution in [0.25, 0.3) is 0 Å². The van der Waals surface area contributed by atoms with E-state index in [9.17, 15) is 4.21 Å². The summed E-state index contributed by atoms with van der Waals surface area (Å²) in [4.78, 5) is 2.91. The molecule has 1 atom stereocenters. The van der Waals surface area contributed by atoms with Crippen LogP contribution in [0.3, 0.4) is 0 Å². The summed E-state index contributed by atoms with van der Waals surface area (Å²) < 4.78 is 10.9. The molecule has 3 heteroatoms. The Balaban J connectivity index is 2.71. The summed E-state index contributed by atoms with van der Waals surface area (Å²) >= 11 is 0. The molecule has 1 unspecified atom stereocenters. The Morgan fingerprint density at radius 1 is 1.70 bits per heavy atom. The third kappa shape index (κ3) is 1.70. The van der Waals surface area contributed by atoms with Crippen molar-refractivity contribution in [1.82, 2.24) is 4.90 Å². The molecule has 0 amide bonds. The summed E-state index contributed by atoms with van der Waals surface area (Å²) in [6.07, 6.45) is 8.43. The summed E-state index contributed by atoms with van der Waals surface area (Å²) in [6, 6.07) is 0. The summed E-state index contributed by atoms with van der Waals surface area (Å²) in [5, 5.41) is 0. The van der Waals surface area contributed by atoms with Gasteiger partial charge in [-0.3, -0.25) is 4.21 Å². The quantitative estimate of drug-likeness (QED) is 0.567. The average molecular weight is 157 g/mol. The van der Waals surface area contributed by atoms with E-state index in [0.717, 1.165) is 11.3 Å². The average Bonchev–Trinajstić information content (AvgIpc) is 1.88. The number of nitrogens with zero attached hydrogens (tertiary/aromatic N) is 1. The van der Waals surface area contributed by atoms with Crippen LogP contribution in [-0.4, -0.2) is 22.4 Å². The van der Waals surface area contributed by atoms with Crippen molar-refractivity contribution in [3.63, 3.8) is 0 Å². The molecule has 0 aromatic carbocycles. The molecular formula is C7H11NOS. The molecule has 0 bridgehead atoms. The third-order valence-corrected chi connectivity index (χ3v) is 2.39. The topological polar surface area (TPSA) is 20.3 Å². The first kappa shape index (κ1) is 7.54. The summed E-state index contributed by atoms with van der Waals surface area (Å²) in [7, 11) is 1.13. The Labute approximate surface area is 63.7 Å². The van der Waals surface area contributed by atoms with Gasteiger partial charge in [0.05, 0.1) is 0 Å². The maximum atomic E-state index is 10.9. The minimum atomic E-state index is -0.805. The van der Waals surface area contributed by atoms with E-state index in [1.165, 1.54) is 0 Å². The fourth-order valence-corrected chi connectivity index (χ4v) is 1.50. The maximum Gasteiger partial charge on any atom is 0.0474 e. The molecule has 56 valence electrons. The summed E-state index contributed by atoms with van der Waals surface area (Å²) in [6.45, 7) is 0. The highest BCUT2D eigenvalue weighted by Gasteiger charge is 2.03. The van der Waals surface area contributed by atoms with E-state index < -0.39 is 10.8 Å². The molecule has 0 aromatic rings. The predicted molar refractivity (Wildman–Crippen MR) is 43.7 cm³/mol. The first-order chi connectivity index (χ1) is 4.70. The molecule has 0 aliphatic carbocycles. The molecule has 1 aliphatic heterocycles. The largest absolute Gasteiger partial charge is 0.357 e. The Bertz CT molecular complexity index is 208. The van der Waals surface area contributed by atoms with Gasteiger partial charge in [0.25, 0.3) is 0 Å². The number of allylic oxidation sites excluding steroid dienone is 2. The molecule has 0 fully saturated rings. The zero-order valence-electron chi connectivity index (χ0n) is 6.20. The van der Waals surface area contributed by atoms with E-state index in [0.29, 0.717) is 0 Å². The number of rotatable bonds is 1. The Morgan fingerprint density at radius 2 is 2.40 bits per heavy atom. The van der Waals surface area contributed by atoms with E-state index in [4.69, 9.17) is 0 Å². The standard InChI is InChI=1S/C7H11NOS/c1-8-5-3-4-7(6-8)10(2)9/h3,5-6H,4H2,1-2H3. The second kappa shape index (κ2) is 3.01. The van der Waals surface area contributed by atoms with Crippen molar-refractivity contribution in [3.8, 4) is 0 Å². The molecule has 2 nitrogen and oxygen atoms in total.